The molecule has 3 aliphatic rings. The molecule has 16 heteroatoms. The number of amides is 3. The second-order valence-corrected chi connectivity index (χ2v) is 18.1. The maximum absolute atomic E-state index is 13.4. The van der Waals surface area contributed by atoms with Crippen molar-refractivity contribution in [1.82, 2.24) is 25.5 Å². The number of nitrogens with one attached hydrogen (secondary N) is 4. The summed E-state index contributed by atoms with van der Waals surface area (Å²) in [6.07, 6.45) is 3.86. The topological polar surface area (TPSA) is 158 Å². The Bertz CT molecular complexity index is 2160. The van der Waals surface area contributed by atoms with Crippen LogP contribution in [0.4, 0.5) is 28.8 Å². The highest BCUT2D eigenvalue weighted by molar-refractivity contribution is 7.80. The van der Waals surface area contributed by atoms with Crippen LogP contribution in [-0.4, -0.2) is 78.2 Å². The summed E-state index contributed by atoms with van der Waals surface area (Å²) >= 11 is 11.1. The van der Waals surface area contributed by atoms with E-state index in [0.717, 1.165) is 42.7 Å². The fraction of sp³-hybridized carbons (Fsp3) is 0.342. The number of thiol groups is 1. The molecule has 282 valence electrons. The molecule has 4 N–H and O–H groups in total. The number of carbonyl (C=O) groups excluding carboxylic acids is 3. The van der Waals surface area contributed by atoms with Gasteiger partial charge in [-0.2, -0.15) is 4.98 Å². The van der Waals surface area contributed by atoms with Crippen LogP contribution < -0.4 is 36.2 Å². The van der Waals surface area contributed by atoms with Crippen LogP contribution >= 0.6 is 31.4 Å². The molecule has 0 spiro atoms. The lowest BCUT2D eigenvalue weighted by Gasteiger charge is -2.34. The van der Waals surface area contributed by atoms with Gasteiger partial charge in [0.2, 0.25) is 17.8 Å². The number of ether oxygens (including phenoxy) is 1. The molecule has 2 unspecified atom stereocenters. The van der Waals surface area contributed by atoms with E-state index in [1.165, 1.54) is 11.1 Å². The number of para-hydroxylation sites is 1. The standard InChI is InChI=1S/C38H42ClN8O5PS/c1-52-31-19-24(9-11-28(31)43-38-41-21-27(39)34(45-38)42-29-6-4-5-7-32(29)53(2,3)51)46-16-14-23(15-17-46)40-20-22-8-10-25-26(18-22)36(50)47(37(25)54)30-12-13-33(48)44-35(30)49/h4-11,18-19,21,23,30,37,40,54H,12-17,20H2,1-3H3,(H,44,48,49)(H2,41,42,43,45). The summed E-state index contributed by atoms with van der Waals surface area (Å²) in [6.45, 7) is 5.73. The van der Waals surface area contributed by atoms with E-state index in [1.807, 2.05) is 60.7 Å². The smallest absolute Gasteiger partial charge is 0.256 e. The SMILES string of the molecule is COc1cc(N2CCC(NCc3ccc4c(c3)C(=O)N(C3CCC(=O)NC3=O)C4S)CC2)ccc1Nc1ncc(Cl)c(Nc2ccccc2P(C)(C)=O)n1. The highest BCUT2D eigenvalue weighted by atomic mass is 35.5. The lowest BCUT2D eigenvalue weighted by Crippen LogP contribution is -2.53. The quantitative estimate of drug-likeness (QED) is 0.0709. The fourth-order valence-corrected chi connectivity index (χ4v) is 8.96. The molecule has 3 aliphatic heterocycles. The number of imide groups is 1. The van der Waals surface area contributed by atoms with Crippen molar-refractivity contribution in [3.8, 4) is 5.75 Å². The van der Waals surface area contributed by atoms with Gasteiger partial charge in [0.15, 0.2) is 5.82 Å². The first kappa shape index (κ1) is 37.7. The Balaban J connectivity index is 0.948. The van der Waals surface area contributed by atoms with Gasteiger partial charge in [0.25, 0.3) is 5.91 Å². The Hall–Kier alpha value is -4.62. The van der Waals surface area contributed by atoms with Gasteiger partial charge in [-0.3, -0.25) is 19.7 Å². The highest BCUT2D eigenvalue weighted by Crippen LogP contribution is 2.41. The number of hydrogen-bond acceptors (Lipinski definition) is 12. The number of carbonyl (C=O) groups is 3. The van der Waals surface area contributed by atoms with Crippen LogP contribution in [-0.2, 0) is 20.7 Å². The predicted octanol–water partition coefficient (Wildman–Crippen LogP) is 5.82. The van der Waals surface area contributed by atoms with E-state index in [9.17, 15) is 18.9 Å². The van der Waals surface area contributed by atoms with E-state index in [4.69, 9.17) is 16.3 Å². The van der Waals surface area contributed by atoms with E-state index in [0.29, 0.717) is 63.8 Å². The molecule has 2 fully saturated rings. The van der Waals surface area contributed by atoms with Crippen LogP contribution in [0.25, 0.3) is 0 Å². The summed E-state index contributed by atoms with van der Waals surface area (Å²) in [4.78, 5) is 50.3. The average Bonchev–Trinajstić information content (AvgIpc) is 3.40. The highest BCUT2D eigenvalue weighted by Gasteiger charge is 2.43. The lowest BCUT2D eigenvalue weighted by atomic mass is 10.0. The molecule has 1 aromatic heterocycles. The number of fused-ring (bicyclic) bond motifs is 1. The van der Waals surface area contributed by atoms with Crippen molar-refractivity contribution in [3.63, 3.8) is 0 Å². The Morgan fingerprint density at radius 3 is 2.52 bits per heavy atom. The van der Waals surface area contributed by atoms with E-state index in [-0.39, 0.29) is 18.2 Å². The summed E-state index contributed by atoms with van der Waals surface area (Å²) in [6, 6.07) is 18.7. The van der Waals surface area contributed by atoms with Gasteiger partial charge in [0, 0.05) is 54.7 Å². The maximum atomic E-state index is 13.4. The van der Waals surface area contributed by atoms with Gasteiger partial charge in [-0.15, -0.1) is 12.6 Å². The first-order chi connectivity index (χ1) is 25.9. The van der Waals surface area contributed by atoms with E-state index >= 15 is 0 Å². The molecule has 4 heterocycles. The zero-order valence-corrected chi connectivity index (χ0v) is 32.7. The molecular formula is C38H42ClN8O5PS. The molecular weight excluding hydrogens is 747 g/mol. The number of piperidine rings is 2. The zero-order chi connectivity index (χ0) is 38.1. The van der Waals surface area contributed by atoms with Crippen molar-refractivity contribution in [1.29, 1.82) is 0 Å². The number of aromatic nitrogens is 2. The maximum Gasteiger partial charge on any atom is 0.256 e. The fourth-order valence-electron chi connectivity index (χ4n) is 7.18. The molecule has 2 atom stereocenters. The van der Waals surface area contributed by atoms with Gasteiger partial charge >= 0.3 is 0 Å². The van der Waals surface area contributed by atoms with Crippen LogP contribution in [0.3, 0.4) is 0 Å². The van der Waals surface area contributed by atoms with Crippen LogP contribution in [0.5, 0.6) is 5.75 Å². The summed E-state index contributed by atoms with van der Waals surface area (Å²) in [5.74, 6) is 0.327. The van der Waals surface area contributed by atoms with E-state index < -0.39 is 24.5 Å². The molecule has 2 saturated heterocycles. The first-order valence-electron chi connectivity index (χ1n) is 17.7. The van der Waals surface area contributed by atoms with Gasteiger partial charge in [0.05, 0.1) is 24.7 Å². The minimum absolute atomic E-state index is 0.197. The number of halogens is 1. The van der Waals surface area contributed by atoms with Crippen molar-refractivity contribution in [2.75, 3.05) is 49.1 Å². The number of hydrogen-bond donors (Lipinski definition) is 5. The molecule has 13 nitrogen and oxygen atoms in total. The second kappa shape index (κ2) is 15.6. The molecule has 4 aromatic rings. The zero-order valence-electron chi connectivity index (χ0n) is 30.1. The molecule has 0 saturated carbocycles. The van der Waals surface area contributed by atoms with Gasteiger partial charge in [-0.1, -0.05) is 35.9 Å². The lowest BCUT2D eigenvalue weighted by molar-refractivity contribution is -0.137. The number of rotatable bonds is 11. The monoisotopic (exact) mass is 788 g/mol. The largest absolute Gasteiger partial charge is 0.494 e. The van der Waals surface area contributed by atoms with Gasteiger partial charge in [-0.25, -0.2) is 4.98 Å². The third kappa shape index (κ3) is 7.93. The Morgan fingerprint density at radius 1 is 1.00 bits per heavy atom. The third-order valence-electron chi connectivity index (χ3n) is 10.0. The molecule has 3 aromatic carbocycles. The van der Waals surface area contributed by atoms with Gasteiger partial charge < -0.3 is 35.1 Å². The van der Waals surface area contributed by atoms with Gasteiger partial charge in [-0.05, 0) is 74.1 Å². The summed E-state index contributed by atoms with van der Waals surface area (Å²) in [5, 5.41) is 13.0. The van der Waals surface area contributed by atoms with Gasteiger partial charge in [0.1, 0.15) is 29.3 Å². The third-order valence-corrected chi connectivity index (χ3v) is 12.4. The summed E-state index contributed by atoms with van der Waals surface area (Å²) < 4.78 is 18.6. The molecule has 0 radical (unpaired) electrons. The number of anilines is 5. The number of benzene rings is 3. The van der Waals surface area contributed by atoms with Crippen molar-refractivity contribution in [2.24, 2.45) is 0 Å². The predicted molar refractivity (Wildman–Crippen MR) is 215 cm³/mol. The Kier molecular flexibility index (Phi) is 10.9. The molecule has 54 heavy (non-hydrogen) atoms. The molecule has 0 bridgehead atoms. The van der Waals surface area contributed by atoms with Crippen LogP contribution in [0, 0.1) is 0 Å². The van der Waals surface area contributed by atoms with E-state index in [2.05, 4.69) is 48.8 Å². The number of nitrogens with zero attached hydrogens (tertiary/aromatic N) is 4. The second-order valence-electron chi connectivity index (χ2n) is 14.0. The normalized spacial score (nSPS) is 19.1. The molecule has 3 amide bonds. The molecule has 7 rings (SSSR count). The average molecular weight is 789 g/mol. The van der Waals surface area contributed by atoms with Crippen LogP contribution in [0.1, 0.15) is 52.5 Å². The Labute approximate surface area is 324 Å². The van der Waals surface area contributed by atoms with Crippen molar-refractivity contribution in [3.05, 3.63) is 88.6 Å². The minimum Gasteiger partial charge on any atom is -0.494 e. The number of methoxy groups -OCH3 is 1. The Morgan fingerprint density at radius 2 is 1.78 bits per heavy atom. The minimum atomic E-state index is -2.56. The van der Waals surface area contributed by atoms with E-state index in [1.54, 1.807) is 20.4 Å². The van der Waals surface area contributed by atoms with Crippen molar-refractivity contribution in [2.45, 2.75) is 49.7 Å². The first-order valence-corrected chi connectivity index (χ1v) is 21.2. The summed E-state index contributed by atoms with van der Waals surface area (Å²) in [7, 11) is -0.934. The van der Waals surface area contributed by atoms with Crippen LogP contribution in [0.15, 0.2) is 66.9 Å². The van der Waals surface area contributed by atoms with Crippen molar-refractivity contribution >= 4 is 83.2 Å². The van der Waals surface area contributed by atoms with Crippen molar-refractivity contribution < 1.29 is 23.7 Å². The van der Waals surface area contributed by atoms with Crippen LogP contribution in [0.2, 0.25) is 5.02 Å². The summed E-state index contributed by atoms with van der Waals surface area (Å²) in [5.41, 5.74) is 4.70. The molecule has 0 aliphatic carbocycles.